The van der Waals surface area contributed by atoms with E-state index < -0.39 is 0 Å². The Morgan fingerprint density at radius 3 is 2.67 bits per heavy atom. The average molecular weight is 239 g/mol. The van der Waals surface area contributed by atoms with Crippen molar-refractivity contribution < 1.29 is 0 Å². The summed E-state index contributed by atoms with van der Waals surface area (Å²) in [5, 5.41) is 0. The number of unbranched alkanes of at least 4 members (excludes halogenated alkanes) is 1. The molecular formula is C7H14IN. The molecule has 0 spiro atoms. The van der Waals surface area contributed by atoms with Crippen LogP contribution in [0.1, 0.15) is 19.8 Å². The summed E-state index contributed by atoms with van der Waals surface area (Å²) in [5.41, 5.74) is 0. The molecule has 0 atom stereocenters. The molecular weight excluding hydrogens is 225 g/mol. The van der Waals surface area contributed by atoms with Crippen molar-refractivity contribution in [2.24, 2.45) is 0 Å². The second kappa shape index (κ2) is 3.76. The third-order valence-electron chi connectivity index (χ3n) is 1.74. The fourth-order valence-electron chi connectivity index (χ4n) is 1.07. The number of nitrogens with zero attached hydrogens (tertiary/aromatic N) is 1. The molecule has 0 aromatic carbocycles. The van der Waals surface area contributed by atoms with Crippen LogP contribution in [-0.4, -0.2) is 28.5 Å². The van der Waals surface area contributed by atoms with Crippen LogP contribution in [0.2, 0.25) is 0 Å². The van der Waals surface area contributed by atoms with Gasteiger partial charge in [-0.3, -0.25) is 0 Å². The molecule has 0 amide bonds. The first kappa shape index (κ1) is 7.79. The molecule has 9 heavy (non-hydrogen) atoms. The smallest absolute Gasteiger partial charge is 0.0364 e. The lowest BCUT2D eigenvalue weighted by molar-refractivity contribution is 0.195. The first-order valence-corrected chi connectivity index (χ1v) is 4.94. The third kappa shape index (κ3) is 2.42. The summed E-state index contributed by atoms with van der Waals surface area (Å²) in [5.74, 6) is 0. The van der Waals surface area contributed by atoms with Crippen LogP contribution in [0.15, 0.2) is 0 Å². The van der Waals surface area contributed by atoms with E-state index in [9.17, 15) is 0 Å². The molecule has 1 aliphatic rings. The van der Waals surface area contributed by atoms with E-state index in [1.807, 2.05) is 0 Å². The Morgan fingerprint density at radius 1 is 1.56 bits per heavy atom. The highest BCUT2D eigenvalue weighted by molar-refractivity contribution is 14.1. The van der Waals surface area contributed by atoms with Gasteiger partial charge in [0.1, 0.15) is 0 Å². The standard InChI is InChI=1S/C7H14IN/c1-2-3-4-9-5-7(8)6-9/h7H,2-6H2,1H3. The molecule has 0 radical (unpaired) electrons. The van der Waals surface area contributed by atoms with E-state index in [0.717, 1.165) is 3.92 Å². The van der Waals surface area contributed by atoms with Gasteiger partial charge in [0.05, 0.1) is 0 Å². The highest BCUT2D eigenvalue weighted by Crippen LogP contribution is 2.16. The van der Waals surface area contributed by atoms with Gasteiger partial charge in [-0.2, -0.15) is 0 Å². The normalized spacial score (nSPS) is 22.0. The van der Waals surface area contributed by atoms with E-state index in [4.69, 9.17) is 0 Å². The molecule has 1 rings (SSSR count). The third-order valence-corrected chi connectivity index (χ3v) is 2.53. The molecule has 0 unspecified atom stereocenters. The fourth-order valence-corrected chi connectivity index (χ4v) is 2.19. The van der Waals surface area contributed by atoms with Crippen molar-refractivity contribution in [3.8, 4) is 0 Å². The number of hydrogen-bond donors (Lipinski definition) is 0. The van der Waals surface area contributed by atoms with Crippen molar-refractivity contribution in [3.05, 3.63) is 0 Å². The summed E-state index contributed by atoms with van der Waals surface area (Å²) in [6.07, 6.45) is 2.71. The van der Waals surface area contributed by atoms with Crippen LogP contribution in [0.3, 0.4) is 0 Å². The molecule has 1 heterocycles. The van der Waals surface area contributed by atoms with Crippen LogP contribution >= 0.6 is 22.6 Å². The van der Waals surface area contributed by atoms with Crippen molar-refractivity contribution >= 4 is 22.6 Å². The molecule has 1 saturated heterocycles. The van der Waals surface area contributed by atoms with E-state index in [1.54, 1.807) is 0 Å². The Morgan fingerprint density at radius 2 is 2.22 bits per heavy atom. The monoisotopic (exact) mass is 239 g/mol. The van der Waals surface area contributed by atoms with E-state index in [2.05, 4.69) is 34.4 Å². The minimum Gasteiger partial charge on any atom is -0.301 e. The first-order chi connectivity index (χ1) is 4.33. The largest absolute Gasteiger partial charge is 0.301 e. The molecule has 0 aromatic heterocycles. The van der Waals surface area contributed by atoms with E-state index in [1.165, 1.54) is 32.5 Å². The van der Waals surface area contributed by atoms with Crippen LogP contribution < -0.4 is 0 Å². The highest BCUT2D eigenvalue weighted by Gasteiger charge is 2.22. The van der Waals surface area contributed by atoms with E-state index in [0.29, 0.717) is 0 Å². The lowest BCUT2D eigenvalue weighted by atomic mass is 10.2. The Labute approximate surface area is 70.9 Å². The first-order valence-electron chi connectivity index (χ1n) is 3.69. The molecule has 0 N–H and O–H groups in total. The minimum absolute atomic E-state index is 0.944. The van der Waals surface area contributed by atoms with Gasteiger partial charge in [-0.25, -0.2) is 0 Å². The van der Waals surface area contributed by atoms with Crippen LogP contribution in [0.4, 0.5) is 0 Å². The fraction of sp³-hybridized carbons (Fsp3) is 1.00. The summed E-state index contributed by atoms with van der Waals surface area (Å²) >= 11 is 2.52. The van der Waals surface area contributed by atoms with Crippen molar-refractivity contribution in [1.82, 2.24) is 4.90 Å². The maximum absolute atomic E-state index is 2.53. The van der Waals surface area contributed by atoms with Gasteiger partial charge in [0.2, 0.25) is 0 Å². The quantitative estimate of drug-likeness (QED) is 0.537. The maximum Gasteiger partial charge on any atom is 0.0364 e. The molecule has 0 saturated carbocycles. The molecule has 1 aliphatic heterocycles. The van der Waals surface area contributed by atoms with Gasteiger partial charge in [0.15, 0.2) is 0 Å². The Balaban J connectivity index is 1.91. The molecule has 54 valence electrons. The minimum atomic E-state index is 0.944. The Hall–Kier alpha value is 0.690. The summed E-state index contributed by atoms with van der Waals surface area (Å²) < 4.78 is 0.944. The van der Waals surface area contributed by atoms with Gasteiger partial charge in [0, 0.05) is 17.0 Å². The van der Waals surface area contributed by atoms with Gasteiger partial charge in [-0.15, -0.1) is 0 Å². The molecule has 1 fully saturated rings. The van der Waals surface area contributed by atoms with Crippen molar-refractivity contribution in [1.29, 1.82) is 0 Å². The second-order valence-electron chi connectivity index (χ2n) is 2.71. The number of likely N-dealkylation sites (tertiary alicyclic amines) is 1. The number of halogens is 1. The zero-order valence-electron chi connectivity index (χ0n) is 5.94. The number of alkyl halides is 1. The van der Waals surface area contributed by atoms with Gasteiger partial charge in [-0.1, -0.05) is 35.9 Å². The zero-order chi connectivity index (χ0) is 6.69. The number of rotatable bonds is 3. The lowest BCUT2D eigenvalue weighted by Crippen LogP contribution is -2.47. The summed E-state index contributed by atoms with van der Waals surface area (Å²) in [4.78, 5) is 2.53. The molecule has 2 heteroatoms. The van der Waals surface area contributed by atoms with Crippen molar-refractivity contribution in [2.45, 2.75) is 23.7 Å². The van der Waals surface area contributed by atoms with E-state index in [-0.39, 0.29) is 0 Å². The van der Waals surface area contributed by atoms with Crippen molar-refractivity contribution in [2.75, 3.05) is 19.6 Å². The second-order valence-corrected chi connectivity index (χ2v) is 4.47. The zero-order valence-corrected chi connectivity index (χ0v) is 8.10. The maximum atomic E-state index is 2.53. The summed E-state index contributed by atoms with van der Waals surface area (Å²) in [6, 6.07) is 0. The predicted octanol–water partition coefficient (Wildman–Crippen LogP) is 1.91. The topological polar surface area (TPSA) is 3.24 Å². The summed E-state index contributed by atoms with van der Waals surface area (Å²) in [6.45, 7) is 6.25. The number of hydrogen-bond acceptors (Lipinski definition) is 1. The van der Waals surface area contributed by atoms with Crippen molar-refractivity contribution in [3.63, 3.8) is 0 Å². The SMILES string of the molecule is CCCCN1CC(I)C1. The molecule has 0 bridgehead atoms. The molecule has 0 aliphatic carbocycles. The molecule has 0 aromatic rings. The Kier molecular flexibility index (Phi) is 3.26. The van der Waals surface area contributed by atoms with Gasteiger partial charge in [-0.05, 0) is 13.0 Å². The van der Waals surface area contributed by atoms with Crippen LogP contribution in [0, 0.1) is 0 Å². The predicted molar refractivity (Wildman–Crippen MR) is 49.2 cm³/mol. The van der Waals surface area contributed by atoms with E-state index >= 15 is 0 Å². The average Bonchev–Trinajstić information content (AvgIpc) is 1.78. The van der Waals surface area contributed by atoms with Gasteiger partial charge < -0.3 is 4.90 Å². The molecule has 1 nitrogen and oxygen atoms in total. The summed E-state index contributed by atoms with van der Waals surface area (Å²) in [7, 11) is 0. The Bertz CT molecular complexity index is 79.0. The lowest BCUT2D eigenvalue weighted by Gasteiger charge is -2.35. The van der Waals surface area contributed by atoms with Crippen LogP contribution in [0.5, 0.6) is 0 Å². The highest BCUT2D eigenvalue weighted by atomic mass is 127. The van der Waals surface area contributed by atoms with Crippen LogP contribution in [0.25, 0.3) is 0 Å². The van der Waals surface area contributed by atoms with Gasteiger partial charge in [0.25, 0.3) is 0 Å². The van der Waals surface area contributed by atoms with Crippen LogP contribution in [-0.2, 0) is 0 Å². The van der Waals surface area contributed by atoms with Gasteiger partial charge >= 0.3 is 0 Å².